The molecule has 180 valence electrons. The Bertz CT molecular complexity index is 872. The molecule has 4 atom stereocenters. The fourth-order valence-corrected chi connectivity index (χ4v) is 3.85. The van der Waals surface area contributed by atoms with E-state index in [1.165, 1.54) is 22.5 Å². The fourth-order valence-electron chi connectivity index (χ4n) is 3.51. The van der Waals surface area contributed by atoms with Gasteiger partial charge in [0.2, 0.25) is 16.6 Å². The van der Waals surface area contributed by atoms with Gasteiger partial charge in [0.15, 0.2) is 6.17 Å². The number of alkyl halides is 1. The fraction of sp³-hybridized carbons (Fsp3) is 0.762. The second-order valence-corrected chi connectivity index (χ2v) is 8.36. The number of fused-ring (bicyclic) bond motifs is 1. The zero-order chi connectivity index (χ0) is 23.1. The second kappa shape index (κ2) is 11.6. The molecule has 3 rings (SSSR count). The Morgan fingerprint density at radius 3 is 2.69 bits per heavy atom. The maximum absolute atomic E-state index is 15.7. The van der Waals surface area contributed by atoms with Crippen LogP contribution in [0.25, 0.3) is 5.65 Å². The van der Waals surface area contributed by atoms with Gasteiger partial charge in [0.05, 0.1) is 19.4 Å². The van der Waals surface area contributed by atoms with Crippen LogP contribution in [0, 0.1) is 0 Å². The van der Waals surface area contributed by atoms with Gasteiger partial charge in [-0.15, -0.1) is 5.10 Å². The molecule has 1 aliphatic rings. The van der Waals surface area contributed by atoms with Crippen LogP contribution in [-0.4, -0.2) is 75.8 Å². The van der Waals surface area contributed by atoms with Crippen molar-refractivity contribution in [3.05, 3.63) is 11.9 Å². The molecule has 2 aromatic heterocycles. The third kappa shape index (κ3) is 5.17. The Balaban J connectivity index is 1.94. The minimum atomic E-state index is -2.30. The summed E-state index contributed by atoms with van der Waals surface area (Å²) in [6, 6.07) is 0. The quantitative estimate of drug-likeness (QED) is 0.348. The average molecular weight is 473 g/mol. The molecule has 1 aliphatic heterocycles. The van der Waals surface area contributed by atoms with Crippen LogP contribution in [0.5, 0.6) is 5.88 Å². The number of ether oxygens (including phenoxy) is 4. The minimum Gasteiger partial charge on any atom is -0.475 e. The first-order chi connectivity index (χ1) is 15.5. The van der Waals surface area contributed by atoms with E-state index in [4.69, 9.17) is 18.9 Å². The third-order valence-corrected chi connectivity index (χ3v) is 5.77. The van der Waals surface area contributed by atoms with Crippen LogP contribution in [0.15, 0.2) is 11.4 Å². The summed E-state index contributed by atoms with van der Waals surface area (Å²) in [4.78, 5) is 8.59. The Hall–Kier alpha value is -1.53. The smallest absolute Gasteiger partial charge is 0.262 e. The van der Waals surface area contributed by atoms with Crippen molar-refractivity contribution in [2.24, 2.45) is 0 Å². The van der Waals surface area contributed by atoms with Crippen molar-refractivity contribution in [2.75, 3.05) is 32.7 Å². The van der Waals surface area contributed by atoms with Gasteiger partial charge in [-0.05, 0) is 26.0 Å². The summed E-state index contributed by atoms with van der Waals surface area (Å²) in [5.74, 6) is -2.05. The minimum absolute atomic E-state index is 0.0544. The molecule has 0 aliphatic carbocycles. The molecule has 3 heterocycles. The molecular weight excluding hydrogens is 439 g/mol. The number of unbranched alkanes of at least 4 members (excludes halogenated alkanes) is 2. The summed E-state index contributed by atoms with van der Waals surface area (Å²) >= 11 is 1.30. The molecule has 0 amide bonds. The summed E-state index contributed by atoms with van der Waals surface area (Å²) < 4.78 is 40.0. The first kappa shape index (κ1) is 25.1. The summed E-state index contributed by atoms with van der Waals surface area (Å²) in [5, 5.41) is 16.2. The molecule has 0 aromatic carbocycles. The van der Waals surface area contributed by atoms with Gasteiger partial charge in [-0.1, -0.05) is 38.5 Å². The van der Waals surface area contributed by atoms with E-state index in [1.54, 1.807) is 0 Å². The van der Waals surface area contributed by atoms with Crippen molar-refractivity contribution in [3.63, 3.8) is 0 Å². The molecule has 0 saturated carbocycles. The molecule has 11 heteroatoms. The highest BCUT2D eigenvalue weighted by atomic mass is 32.2. The van der Waals surface area contributed by atoms with Crippen molar-refractivity contribution in [3.8, 4) is 5.88 Å². The van der Waals surface area contributed by atoms with Crippen LogP contribution in [0.4, 0.5) is 4.39 Å². The zero-order valence-electron chi connectivity index (χ0n) is 19.1. The average Bonchev–Trinajstić information content (AvgIpc) is 3.32. The van der Waals surface area contributed by atoms with Gasteiger partial charge in [0.25, 0.3) is 5.88 Å². The Kier molecular flexibility index (Phi) is 9.06. The number of nitrogens with zero attached hydrogens (tertiary/aromatic N) is 4. The first-order valence-corrected chi connectivity index (χ1v) is 12.4. The van der Waals surface area contributed by atoms with E-state index < -0.39 is 24.2 Å². The van der Waals surface area contributed by atoms with Crippen molar-refractivity contribution in [2.45, 2.75) is 75.8 Å². The van der Waals surface area contributed by atoms with Crippen LogP contribution >= 0.6 is 11.8 Å². The molecule has 0 spiro atoms. The van der Waals surface area contributed by atoms with Gasteiger partial charge >= 0.3 is 0 Å². The first-order valence-electron chi connectivity index (χ1n) is 11.2. The standard InChI is InChI=1S/C21H33FN4O5S/c1-5-8-10-28-13-14-16(30-11-9-6-2)17(22)21(27,31-14)15-12-23-18-19(29-7-3)24-20(32-4)25-26(15)18/h12,14,16-17,27H,5-11,13H2,1-4H3/t14-,16-,17?,21+/m1/s1. The zero-order valence-corrected chi connectivity index (χ0v) is 19.9. The van der Waals surface area contributed by atoms with Gasteiger partial charge in [0, 0.05) is 13.2 Å². The van der Waals surface area contributed by atoms with E-state index in [-0.39, 0.29) is 23.8 Å². The number of hydrogen-bond donors (Lipinski definition) is 1. The normalized spacial score (nSPS) is 25.6. The highest BCUT2D eigenvalue weighted by Crippen LogP contribution is 2.42. The summed E-state index contributed by atoms with van der Waals surface area (Å²) in [7, 11) is 0. The maximum atomic E-state index is 15.7. The van der Waals surface area contributed by atoms with E-state index in [0.717, 1.165) is 25.7 Å². The SMILES string of the molecule is CCCCOC[C@H]1O[C@@](O)(c2cnc3c(OCC)nc(SC)nn23)C(F)[C@@H]1OCCCC. The number of halogens is 1. The van der Waals surface area contributed by atoms with Crippen molar-refractivity contribution < 1.29 is 28.4 Å². The predicted molar refractivity (Wildman–Crippen MR) is 118 cm³/mol. The van der Waals surface area contributed by atoms with Gasteiger partial charge in [-0.25, -0.2) is 13.9 Å². The van der Waals surface area contributed by atoms with Crippen LogP contribution in [-0.2, 0) is 20.0 Å². The van der Waals surface area contributed by atoms with Gasteiger partial charge in [-0.2, -0.15) is 4.98 Å². The Morgan fingerprint density at radius 1 is 1.25 bits per heavy atom. The van der Waals surface area contributed by atoms with E-state index in [1.807, 2.05) is 20.1 Å². The molecule has 1 unspecified atom stereocenters. The lowest BCUT2D eigenvalue weighted by Gasteiger charge is -2.24. The summed E-state index contributed by atoms with van der Waals surface area (Å²) in [6.45, 7) is 7.31. The number of thioether (sulfide) groups is 1. The lowest BCUT2D eigenvalue weighted by atomic mass is 10.0. The molecule has 1 fully saturated rings. The number of aromatic nitrogens is 4. The maximum Gasteiger partial charge on any atom is 0.262 e. The highest BCUT2D eigenvalue weighted by Gasteiger charge is 2.58. The molecule has 0 radical (unpaired) electrons. The second-order valence-electron chi connectivity index (χ2n) is 7.59. The molecular formula is C21H33FN4O5S. The molecule has 2 aromatic rings. The third-order valence-electron chi connectivity index (χ3n) is 5.23. The molecule has 1 saturated heterocycles. The van der Waals surface area contributed by atoms with Gasteiger partial charge < -0.3 is 24.1 Å². The highest BCUT2D eigenvalue weighted by molar-refractivity contribution is 7.98. The van der Waals surface area contributed by atoms with Crippen LogP contribution in [0.2, 0.25) is 0 Å². The lowest BCUT2D eigenvalue weighted by Crippen LogP contribution is -2.40. The molecule has 1 N–H and O–H groups in total. The monoisotopic (exact) mass is 472 g/mol. The lowest BCUT2D eigenvalue weighted by molar-refractivity contribution is -0.232. The molecule has 0 bridgehead atoms. The number of hydrogen-bond acceptors (Lipinski definition) is 9. The van der Waals surface area contributed by atoms with Crippen molar-refractivity contribution in [1.82, 2.24) is 19.6 Å². The van der Waals surface area contributed by atoms with E-state index in [9.17, 15) is 5.11 Å². The Morgan fingerprint density at radius 2 is 2.00 bits per heavy atom. The van der Waals surface area contributed by atoms with Crippen LogP contribution < -0.4 is 4.74 Å². The number of rotatable bonds is 13. The predicted octanol–water partition coefficient (Wildman–Crippen LogP) is 3.13. The van der Waals surface area contributed by atoms with E-state index in [0.29, 0.717) is 25.0 Å². The largest absolute Gasteiger partial charge is 0.475 e. The van der Waals surface area contributed by atoms with Crippen LogP contribution in [0.1, 0.15) is 52.1 Å². The number of imidazole rings is 1. The summed E-state index contributed by atoms with van der Waals surface area (Å²) in [6.07, 6.45) is 3.10. The Labute approximate surface area is 192 Å². The number of aliphatic hydroxyl groups is 1. The topological polar surface area (TPSA) is 100 Å². The summed E-state index contributed by atoms with van der Waals surface area (Å²) in [5.41, 5.74) is 0.328. The van der Waals surface area contributed by atoms with Crippen LogP contribution in [0.3, 0.4) is 0 Å². The van der Waals surface area contributed by atoms with Gasteiger partial charge in [0.1, 0.15) is 17.9 Å². The van der Waals surface area contributed by atoms with Crippen molar-refractivity contribution in [1.29, 1.82) is 0 Å². The van der Waals surface area contributed by atoms with Crippen molar-refractivity contribution >= 4 is 17.4 Å². The van der Waals surface area contributed by atoms with E-state index in [2.05, 4.69) is 22.0 Å². The molecule has 9 nitrogen and oxygen atoms in total. The molecule has 32 heavy (non-hydrogen) atoms. The van der Waals surface area contributed by atoms with E-state index >= 15 is 4.39 Å². The van der Waals surface area contributed by atoms with Gasteiger partial charge in [-0.3, -0.25) is 0 Å².